The minimum atomic E-state index is -0.727. The van der Waals surface area contributed by atoms with Gasteiger partial charge in [-0.1, -0.05) is 27.7 Å². The Kier molecular flexibility index (Phi) is 6.76. The highest BCUT2D eigenvalue weighted by atomic mass is 16.6. The van der Waals surface area contributed by atoms with Gasteiger partial charge in [0.15, 0.2) is 0 Å². The molecule has 0 aromatic rings. The number of hydrogen-bond donors (Lipinski definition) is 2. The van der Waals surface area contributed by atoms with Crippen LogP contribution in [0.5, 0.6) is 0 Å². The fraction of sp³-hybridized carbons (Fsp3) is 0.833. The molecule has 0 aromatic carbocycles. The highest BCUT2D eigenvalue weighted by molar-refractivity contribution is 5.93. The van der Waals surface area contributed by atoms with E-state index in [1.807, 2.05) is 6.92 Å². The van der Waals surface area contributed by atoms with Crippen molar-refractivity contribution in [3.05, 3.63) is 0 Å². The number of ether oxygens (including phenoxy) is 1. The number of rotatable bonds is 3. The van der Waals surface area contributed by atoms with Crippen LogP contribution in [-0.2, 0) is 14.3 Å². The van der Waals surface area contributed by atoms with Crippen LogP contribution in [0.3, 0.4) is 0 Å². The molecule has 11 atom stereocenters. The van der Waals surface area contributed by atoms with E-state index in [1.54, 1.807) is 6.92 Å². The average Bonchev–Trinajstić information content (AvgIpc) is 3.59. The third-order valence-electron chi connectivity index (χ3n) is 11.7. The molecule has 5 fully saturated rings. The summed E-state index contributed by atoms with van der Waals surface area (Å²) in [6, 6.07) is 0. The van der Waals surface area contributed by atoms with Gasteiger partial charge in [0.25, 0.3) is 0 Å². The molecule has 3 unspecified atom stereocenters. The van der Waals surface area contributed by atoms with Gasteiger partial charge in [0.1, 0.15) is 11.9 Å². The zero-order chi connectivity index (χ0) is 26.8. The van der Waals surface area contributed by atoms with Crippen LogP contribution in [-0.4, -0.2) is 59.6 Å². The number of piperidine rings is 1. The van der Waals surface area contributed by atoms with Gasteiger partial charge in [-0.25, -0.2) is 4.79 Å². The van der Waals surface area contributed by atoms with Crippen LogP contribution in [0.4, 0.5) is 4.79 Å². The molecular formula is C30H44N2O5. The molecular weight excluding hydrogens is 468 g/mol. The minimum Gasteiger partial charge on any atom is -0.445 e. The van der Waals surface area contributed by atoms with E-state index in [0.717, 1.165) is 38.8 Å². The number of imide groups is 1. The van der Waals surface area contributed by atoms with Crippen LogP contribution < -0.4 is 5.32 Å². The van der Waals surface area contributed by atoms with Crippen LogP contribution in [0.1, 0.15) is 79.6 Å². The molecule has 2 amide bonds. The predicted octanol–water partition coefficient (Wildman–Crippen LogP) is 3.78. The molecule has 3 saturated carbocycles. The summed E-state index contributed by atoms with van der Waals surface area (Å²) in [5.41, 5.74) is -1.51. The van der Waals surface area contributed by atoms with Gasteiger partial charge >= 0.3 is 6.09 Å². The molecule has 204 valence electrons. The van der Waals surface area contributed by atoms with Crippen molar-refractivity contribution in [2.24, 2.45) is 45.8 Å². The first-order valence-electron chi connectivity index (χ1n) is 14.3. The van der Waals surface area contributed by atoms with Gasteiger partial charge in [0.2, 0.25) is 5.91 Å². The maximum atomic E-state index is 13.6. The summed E-state index contributed by atoms with van der Waals surface area (Å²) in [4.78, 5) is 42.1. The molecule has 2 saturated heterocycles. The zero-order valence-corrected chi connectivity index (χ0v) is 23.1. The van der Waals surface area contributed by atoms with Crippen LogP contribution in [0.25, 0.3) is 0 Å². The van der Waals surface area contributed by atoms with Crippen LogP contribution in [0, 0.1) is 57.7 Å². The molecule has 5 aliphatic rings. The molecule has 2 aliphatic heterocycles. The van der Waals surface area contributed by atoms with E-state index < -0.39 is 29.1 Å². The third kappa shape index (κ3) is 4.05. The van der Waals surface area contributed by atoms with Gasteiger partial charge in [-0.05, 0) is 68.7 Å². The molecule has 7 nitrogen and oxygen atoms in total. The monoisotopic (exact) mass is 512 g/mol. The van der Waals surface area contributed by atoms with Gasteiger partial charge < -0.3 is 14.7 Å². The summed E-state index contributed by atoms with van der Waals surface area (Å²) in [5, 5.41) is 14.4. The maximum absolute atomic E-state index is 13.6. The summed E-state index contributed by atoms with van der Waals surface area (Å²) in [7, 11) is 0. The minimum absolute atomic E-state index is 0.0661. The molecule has 2 N–H and O–H groups in total. The first-order chi connectivity index (χ1) is 17.5. The van der Waals surface area contributed by atoms with Crippen molar-refractivity contribution in [3.63, 3.8) is 0 Å². The molecule has 0 aromatic heterocycles. The number of nitrogens with one attached hydrogen (secondary N) is 1. The number of aliphatic hydroxyl groups is 1. The molecule has 2 heterocycles. The highest BCUT2D eigenvalue weighted by Crippen LogP contribution is 2.68. The average molecular weight is 513 g/mol. The van der Waals surface area contributed by atoms with E-state index in [9.17, 15) is 19.5 Å². The quantitative estimate of drug-likeness (QED) is 0.559. The predicted molar refractivity (Wildman–Crippen MR) is 139 cm³/mol. The number of aliphatic hydroxyl groups excluding tert-OH is 1. The fourth-order valence-electron chi connectivity index (χ4n) is 9.25. The lowest BCUT2D eigenvalue weighted by Crippen LogP contribution is -2.63. The lowest BCUT2D eigenvalue weighted by Gasteiger charge is -2.62. The number of nitrogens with zero attached hydrogens (tertiary/aromatic N) is 1. The van der Waals surface area contributed by atoms with Crippen molar-refractivity contribution in [1.82, 2.24) is 10.2 Å². The van der Waals surface area contributed by atoms with Crippen molar-refractivity contribution in [3.8, 4) is 11.8 Å². The summed E-state index contributed by atoms with van der Waals surface area (Å²) in [6.07, 6.45) is 2.93. The Bertz CT molecular complexity index is 1030. The van der Waals surface area contributed by atoms with Crippen molar-refractivity contribution >= 4 is 17.8 Å². The maximum Gasteiger partial charge on any atom is 0.414 e. The van der Waals surface area contributed by atoms with Crippen molar-refractivity contribution in [2.45, 2.75) is 91.8 Å². The lowest BCUT2D eigenvalue weighted by molar-refractivity contribution is -0.197. The lowest BCUT2D eigenvalue weighted by atomic mass is 9.43. The van der Waals surface area contributed by atoms with Crippen LogP contribution >= 0.6 is 0 Å². The summed E-state index contributed by atoms with van der Waals surface area (Å²) < 4.78 is 6.21. The van der Waals surface area contributed by atoms with E-state index in [0.29, 0.717) is 31.7 Å². The van der Waals surface area contributed by atoms with Crippen molar-refractivity contribution in [2.75, 3.05) is 19.6 Å². The largest absolute Gasteiger partial charge is 0.445 e. The number of carbonyl (C=O) groups is 3. The standard InChI is InChI=1S/C30H44N2O5/c1-6-7-11-28(4)15-23(37-27(36)31-26(35)21-17-32-14-10-20(21)16-32)29(5)18(2)8-12-30(19(3)25(28)34)13-9-22(33)24(29)30/h18-21,23-25,34H,8-17H2,1-5H3,(H,31,35,36)/t18-,19+,20-,21+,23-,24?,25+,28-,29+,30?/m1/s1. The first kappa shape index (κ1) is 26.7. The Morgan fingerprint density at radius 3 is 2.59 bits per heavy atom. The molecule has 0 spiro atoms. The van der Waals surface area contributed by atoms with Gasteiger partial charge in [0, 0.05) is 42.7 Å². The number of Topliss-reactive ketones (excluding diaryl/α,β-unsaturated/α-hetero) is 1. The number of hydrogen-bond acceptors (Lipinski definition) is 6. The summed E-state index contributed by atoms with van der Waals surface area (Å²) >= 11 is 0. The number of ketones is 1. The van der Waals surface area contributed by atoms with Crippen molar-refractivity contribution < 1.29 is 24.2 Å². The molecule has 7 heteroatoms. The topological polar surface area (TPSA) is 95.9 Å². The van der Waals surface area contributed by atoms with Gasteiger partial charge in [0.05, 0.1) is 12.0 Å². The zero-order valence-electron chi connectivity index (χ0n) is 23.1. The first-order valence-corrected chi connectivity index (χ1v) is 14.3. The molecule has 5 rings (SSSR count). The highest BCUT2D eigenvalue weighted by Gasteiger charge is 2.68. The molecule has 4 bridgehead atoms. The molecule has 0 radical (unpaired) electrons. The second-order valence-electron chi connectivity index (χ2n) is 13.4. The van der Waals surface area contributed by atoms with Crippen molar-refractivity contribution in [1.29, 1.82) is 0 Å². The Hall–Kier alpha value is -1.91. The Balaban J connectivity index is 1.48. The van der Waals surface area contributed by atoms with Crippen LogP contribution in [0.15, 0.2) is 0 Å². The summed E-state index contributed by atoms with van der Waals surface area (Å²) in [6.45, 7) is 12.9. The second kappa shape index (κ2) is 9.38. The van der Waals surface area contributed by atoms with Crippen LogP contribution in [0.2, 0.25) is 0 Å². The van der Waals surface area contributed by atoms with Gasteiger partial charge in [-0.15, -0.1) is 11.8 Å². The van der Waals surface area contributed by atoms with E-state index in [-0.39, 0.29) is 40.8 Å². The fourth-order valence-corrected chi connectivity index (χ4v) is 9.25. The number of carbonyl (C=O) groups excluding carboxylic acids is 3. The Morgan fingerprint density at radius 2 is 1.95 bits per heavy atom. The van der Waals surface area contributed by atoms with E-state index in [1.165, 1.54) is 0 Å². The third-order valence-corrected chi connectivity index (χ3v) is 11.7. The molecule has 3 aliphatic carbocycles. The Morgan fingerprint density at radius 1 is 1.19 bits per heavy atom. The van der Waals surface area contributed by atoms with E-state index in [4.69, 9.17) is 4.74 Å². The van der Waals surface area contributed by atoms with E-state index in [2.05, 4.69) is 42.8 Å². The second-order valence-corrected chi connectivity index (χ2v) is 13.4. The van der Waals surface area contributed by atoms with Gasteiger partial charge in [-0.2, -0.15) is 0 Å². The summed E-state index contributed by atoms with van der Waals surface area (Å²) in [5.74, 6) is 6.06. The number of amides is 2. The molecule has 37 heavy (non-hydrogen) atoms. The normalized spacial score (nSPS) is 48.3. The Labute approximate surface area is 221 Å². The van der Waals surface area contributed by atoms with Gasteiger partial charge in [-0.3, -0.25) is 14.9 Å². The smallest absolute Gasteiger partial charge is 0.414 e. The number of fused-ring (bicyclic) bond motifs is 2. The van der Waals surface area contributed by atoms with E-state index >= 15 is 0 Å². The number of alkyl carbamates (subject to hydrolysis) is 1. The SMILES string of the molecule is CC#CC[C@]1(C)C[C@@H](OC(=O)NC(=O)[C@H]2CN3CC[C@@H]2C3)[C@@]2(C)C3C(=O)CCC3(CC[C@H]2C)[C@@H](C)[C@@H]1O.